The Bertz CT molecular complexity index is 566. The molecule has 0 aliphatic rings. The van der Waals surface area contributed by atoms with Crippen LogP contribution in [0.25, 0.3) is 0 Å². The highest BCUT2D eigenvalue weighted by Gasteiger charge is 2.24. The highest BCUT2D eigenvalue weighted by atomic mass is 16.5. The third-order valence-electron chi connectivity index (χ3n) is 3.68. The van der Waals surface area contributed by atoms with Crippen LogP contribution in [0.1, 0.15) is 30.6 Å². The number of aliphatic hydroxyl groups is 1. The predicted molar refractivity (Wildman–Crippen MR) is 86.3 cm³/mol. The normalized spacial score (nSPS) is 13.4. The Hall–Kier alpha value is -2.13. The van der Waals surface area contributed by atoms with E-state index in [1.807, 2.05) is 48.5 Å². The van der Waals surface area contributed by atoms with Crippen LogP contribution < -0.4 is 0 Å². The zero-order chi connectivity index (χ0) is 15.8. The Kier molecular flexibility index (Phi) is 6.16. The maximum Gasteiger partial charge on any atom is 0.311 e. The molecule has 0 aromatic heterocycles. The lowest BCUT2D eigenvalue weighted by atomic mass is 9.98. The maximum absolute atomic E-state index is 12.0. The summed E-state index contributed by atoms with van der Waals surface area (Å²) in [6.07, 6.45) is 0.830. The van der Waals surface area contributed by atoms with E-state index in [0.29, 0.717) is 6.61 Å². The Morgan fingerprint density at radius 3 is 2.27 bits per heavy atom. The summed E-state index contributed by atoms with van der Waals surface area (Å²) in [6.45, 7) is 2.07. The molecule has 2 rings (SSSR count). The Morgan fingerprint density at radius 2 is 1.64 bits per heavy atom. The van der Waals surface area contributed by atoms with E-state index < -0.39 is 12.0 Å². The van der Waals surface area contributed by atoms with Crippen LogP contribution >= 0.6 is 0 Å². The summed E-state index contributed by atoms with van der Waals surface area (Å²) in [5.41, 5.74) is 1.96. The largest absolute Gasteiger partial charge is 0.465 e. The predicted octanol–water partition coefficient (Wildman–Crippen LogP) is 3.53. The van der Waals surface area contributed by atoms with Crippen LogP contribution in [0.2, 0.25) is 0 Å². The first-order valence-corrected chi connectivity index (χ1v) is 7.62. The molecule has 0 bridgehead atoms. The van der Waals surface area contributed by atoms with Crippen molar-refractivity contribution in [2.45, 2.75) is 25.9 Å². The Labute approximate surface area is 131 Å². The minimum absolute atomic E-state index is 0.357. The minimum atomic E-state index is -0.831. The second kappa shape index (κ2) is 8.35. The Balaban J connectivity index is 1.75. The molecular formula is C19H22O3. The van der Waals surface area contributed by atoms with Crippen molar-refractivity contribution in [3.8, 4) is 0 Å². The number of rotatable bonds is 7. The Morgan fingerprint density at radius 1 is 1.05 bits per heavy atom. The molecule has 0 unspecified atom stereocenters. The van der Waals surface area contributed by atoms with Gasteiger partial charge < -0.3 is 9.84 Å². The lowest BCUT2D eigenvalue weighted by Gasteiger charge is -2.18. The number of carbonyl (C=O) groups excluding carboxylic acids is 1. The number of aryl methyl sites for hydroxylation is 1. The molecule has 0 aliphatic heterocycles. The van der Waals surface area contributed by atoms with Crippen molar-refractivity contribution in [2.75, 3.05) is 6.61 Å². The van der Waals surface area contributed by atoms with Crippen molar-refractivity contribution >= 4 is 5.97 Å². The molecule has 0 amide bonds. The average Bonchev–Trinajstić information content (AvgIpc) is 2.59. The lowest BCUT2D eigenvalue weighted by Crippen LogP contribution is -2.22. The van der Waals surface area contributed by atoms with Crippen LogP contribution in [0, 0.1) is 5.92 Å². The van der Waals surface area contributed by atoms with Gasteiger partial charge >= 0.3 is 5.97 Å². The fraction of sp³-hybridized carbons (Fsp3) is 0.316. The van der Waals surface area contributed by atoms with Gasteiger partial charge in [0.1, 0.15) is 0 Å². The molecule has 1 N–H and O–H groups in total. The molecule has 2 aromatic rings. The molecule has 0 spiro atoms. The van der Waals surface area contributed by atoms with Crippen molar-refractivity contribution in [3.63, 3.8) is 0 Å². The quantitative estimate of drug-likeness (QED) is 0.628. The summed E-state index contributed by atoms with van der Waals surface area (Å²) >= 11 is 0. The van der Waals surface area contributed by atoms with E-state index in [0.717, 1.165) is 18.4 Å². The zero-order valence-corrected chi connectivity index (χ0v) is 12.8. The van der Waals surface area contributed by atoms with Crippen LogP contribution in [0.15, 0.2) is 60.7 Å². The topological polar surface area (TPSA) is 46.5 Å². The molecule has 0 aliphatic carbocycles. The molecule has 0 radical (unpaired) electrons. The third kappa shape index (κ3) is 4.71. The van der Waals surface area contributed by atoms with E-state index in [2.05, 4.69) is 12.1 Å². The molecule has 2 aromatic carbocycles. The third-order valence-corrected chi connectivity index (χ3v) is 3.68. The van der Waals surface area contributed by atoms with Gasteiger partial charge in [0.15, 0.2) is 0 Å². The number of benzene rings is 2. The maximum atomic E-state index is 12.0. The van der Waals surface area contributed by atoms with Crippen molar-refractivity contribution in [3.05, 3.63) is 71.8 Å². The highest BCUT2D eigenvalue weighted by molar-refractivity contribution is 5.73. The van der Waals surface area contributed by atoms with E-state index in [1.165, 1.54) is 5.56 Å². The van der Waals surface area contributed by atoms with Gasteiger partial charge in [-0.2, -0.15) is 0 Å². The van der Waals surface area contributed by atoms with E-state index in [4.69, 9.17) is 4.74 Å². The summed E-state index contributed by atoms with van der Waals surface area (Å²) < 4.78 is 5.27. The van der Waals surface area contributed by atoms with Crippen LogP contribution in [-0.2, 0) is 16.0 Å². The van der Waals surface area contributed by atoms with Gasteiger partial charge in [-0.05, 0) is 30.9 Å². The molecule has 2 atom stereocenters. The van der Waals surface area contributed by atoms with Crippen LogP contribution in [-0.4, -0.2) is 17.7 Å². The lowest BCUT2D eigenvalue weighted by molar-refractivity contribution is -0.152. The summed E-state index contributed by atoms with van der Waals surface area (Å²) in [5, 5.41) is 10.2. The first kappa shape index (κ1) is 16.2. The van der Waals surface area contributed by atoms with Gasteiger partial charge in [0.25, 0.3) is 0 Å². The first-order chi connectivity index (χ1) is 10.7. The molecule has 0 fully saturated rings. The van der Waals surface area contributed by atoms with Gasteiger partial charge in [-0.3, -0.25) is 4.79 Å². The molecule has 0 heterocycles. The van der Waals surface area contributed by atoms with Gasteiger partial charge in [-0.25, -0.2) is 0 Å². The van der Waals surface area contributed by atoms with Crippen LogP contribution in [0.4, 0.5) is 0 Å². The van der Waals surface area contributed by atoms with Crippen LogP contribution in [0.3, 0.4) is 0 Å². The van der Waals surface area contributed by atoms with E-state index in [9.17, 15) is 9.90 Å². The zero-order valence-electron chi connectivity index (χ0n) is 12.8. The molecule has 0 saturated carbocycles. The highest BCUT2D eigenvalue weighted by Crippen LogP contribution is 2.22. The van der Waals surface area contributed by atoms with Crippen molar-refractivity contribution in [1.29, 1.82) is 0 Å². The summed E-state index contributed by atoms with van der Waals surface area (Å²) in [7, 11) is 0. The number of hydrogen-bond acceptors (Lipinski definition) is 3. The number of hydrogen-bond donors (Lipinski definition) is 1. The smallest absolute Gasteiger partial charge is 0.311 e. The van der Waals surface area contributed by atoms with Crippen molar-refractivity contribution in [1.82, 2.24) is 0 Å². The fourth-order valence-corrected chi connectivity index (χ4v) is 2.29. The van der Waals surface area contributed by atoms with E-state index in [-0.39, 0.29) is 5.97 Å². The molecule has 22 heavy (non-hydrogen) atoms. The number of carbonyl (C=O) groups is 1. The van der Waals surface area contributed by atoms with Crippen molar-refractivity contribution < 1.29 is 14.6 Å². The van der Waals surface area contributed by atoms with Gasteiger partial charge in [0, 0.05) is 0 Å². The molecular weight excluding hydrogens is 276 g/mol. The summed E-state index contributed by atoms with van der Waals surface area (Å²) in [6, 6.07) is 19.3. The molecule has 0 saturated heterocycles. The first-order valence-electron chi connectivity index (χ1n) is 7.62. The van der Waals surface area contributed by atoms with E-state index >= 15 is 0 Å². The van der Waals surface area contributed by atoms with Gasteiger partial charge in [0.2, 0.25) is 0 Å². The molecule has 3 heteroatoms. The number of aliphatic hydroxyl groups excluding tert-OH is 1. The second-order valence-electron chi connectivity index (χ2n) is 5.40. The second-order valence-corrected chi connectivity index (χ2v) is 5.40. The van der Waals surface area contributed by atoms with Crippen molar-refractivity contribution in [2.24, 2.45) is 5.92 Å². The fourth-order valence-electron chi connectivity index (χ4n) is 2.29. The SMILES string of the molecule is C[C@H](C(=O)OCCCc1ccccc1)[C@H](O)c1ccccc1. The van der Waals surface area contributed by atoms with E-state index in [1.54, 1.807) is 6.92 Å². The minimum Gasteiger partial charge on any atom is -0.465 e. The van der Waals surface area contributed by atoms with Gasteiger partial charge in [-0.15, -0.1) is 0 Å². The monoisotopic (exact) mass is 298 g/mol. The standard InChI is InChI=1S/C19H22O3/c1-15(18(20)17-12-6-3-7-13-17)19(21)22-14-8-11-16-9-4-2-5-10-16/h2-7,9-10,12-13,15,18,20H,8,11,14H2,1H3/t15-,18-/m0/s1. The number of esters is 1. The van der Waals surface area contributed by atoms with Crippen LogP contribution in [0.5, 0.6) is 0 Å². The molecule has 116 valence electrons. The average molecular weight is 298 g/mol. The molecule has 3 nitrogen and oxygen atoms in total. The number of ether oxygens (including phenoxy) is 1. The summed E-state index contributed by atoms with van der Waals surface area (Å²) in [5.74, 6) is -0.927. The van der Waals surface area contributed by atoms with Gasteiger partial charge in [0.05, 0.1) is 18.6 Å². The van der Waals surface area contributed by atoms with Gasteiger partial charge in [-0.1, -0.05) is 60.7 Å². The summed E-state index contributed by atoms with van der Waals surface area (Å²) in [4.78, 5) is 12.0.